The number of fused-ring (bicyclic) bond motifs is 9. The van der Waals surface area contributed by atoms with Gasteiger partial charge in [0, 0.05) is 49.1 Å². The average molecular weight is 730 g/mol. The Hall–Kier alpha value is -7.83. The summed E-state index contributed by atoms with van der Waals surface area (Å²) >= 11 is 0. The lowest BCUT2D eigenvalue weighted by molar-refractivity contribution is 0.669. The Morgan fingerprint density at radius 3 is 1.61 bits per heavy atom. The van der Waals surface area contributed by atoms with E-state index in [0.29, 0.717) is 17.6 Å². The van der Waals surface area contributed by atoms with E-state index < -0.39 is 0 Å². The van der Waals surface area contributed by atoms with E-state index in [1.54, 1.807) is 0 Å². The highest BCUT2D eigenvalue weighted by molar-refractivity contribution is 6.19. The van der Waals surface area contributed by atoms with Gasteiger partial charge in [-0.05, 0) is 71.8 Å². The summed E-state index contributed by atoms with van der Waals surface area (Å²) in [5, 5.41) is 6.79. The molecule has 12 rings (SSSR count). The molecule has 6 heteroatoms. The summed E-state index contributed by atoms with van der Waals surface area (Å²) in [4.78, 5) is 15.6. The first-order valence-electron chi connectivity index (χ1n) is 19.1. The summed E-state index contributed by atoms with van der Waals surface area (Å²) in [6.07, 6.45) is 0. The maximum absolute atomic E-state index is 6.47. The van der Waals surface area contributed by atoms with Gasteiger partial charge in [0.25, 0.3) is 0 Å². The van der Waals surface area contributed by atoms with Crippen LogP contribution in [0.1, 0.15) is 0 Å². The molecule has 0 saturated carbocycles. The van der Waals surface area contributed by atoms with Crippen LogP contribution in [0.5, 0.6) is 0 Å². The van der Waals surface area contributed by atoms with Crippen LogP contribution < -0.4 is 0 Å². The minimum absolute atomic E-state index is 0.545. The highest BCUT2D eigenvalue weighted by atomic mass is 16.3. The van der Waals surface area contributed by atoms with Crippen LogP contribution in [0.3, 0.4) is 0 Å². The lowest BCUT2D eigenvalue weighted by Gasteiger charge is -2.11. The summed E-state index contributed by atoms with van der Waals surface area (Å²) in [6, 6.07) is 65.6. The number of furan rings is 1. The normalized spacial score (nSPS) is 11.9. The minimum Gasteiger partial charge on any atom is -0.456 e. The smallest absolute Gasteiger partial charge is 0.238 e. The second kappa shape index (κ2) is 12.3. The highest BCUT2D eigenvalue weighted by Crippen LogP contribution is 2.40. The van der Waals surface area contributed by atoms with Crippen molar-refractivity contribution in [1.29, 1.82) is 0 Å². The van der Waals surface area contributed by atoms with Crippen molar-refractivity contribution < 1.29 is 4.42 Å². The fraction of sp³-hybridized carbons (Fsp3) is 0. The fourth-order valence-corrected chi connectivity index (χ4v) is 8.54. The quantitative estimate of drug-likeness (QED) is 0.177. The molecule has 0 aliphatic heterocycles. The molecule has 0 saturated heterocycles. The highest BCUT2D eigenvalue weighted by Gasteiger charge is 2.21. The van der Waals surface area contributed by atoms with Gasteiger partial charge in [0.05, 0.1) is 22.1 Å². The molecular formula is C51H31N5O. The number of hydrogen-bond acceptors (Lipinski definition) is 4. The predicted molar refractivity (Wildman–Crippen MR) is 232 cm³/mol. The predicted octanol–water partition coefficient (Wildman–Crippen LogP) is 13.0. The Kier molecular flexibility index (Phi) is 6.83. The molecule has 12 aromatic rings. The van der Waals surface area contributed by atoms with E-state index in [4.69, 9.17) is 19.4 Å². The van der Waals surface area contributed by atoms with Crippen LogP contribution in [-0.4, -0.2) is 24.1 Å². The molecule has 0 aliphatic carbocycles. The van der Waals surface area contributed by atoms with Crippen molar-refractivity contribution in [3.63, 3.8) is 0 Å². The molecule has 0 amide bonds. The van der Waals surface area contributed by atoms with Crippen LogP contribution in [0.25, 0.3) is 111 Å². The minimum atomic E-state index is 0.545. The molecule has 0 radical (unpaired) electrons. The Labute approximate surface area is 326 Å². The molecule has 0 unspecified atom stereocenters. The van der Waals surface area contributed by atoms with Crippen LogP contribution in [-0.2, 0) is 0 Å². The van der Waals surface area contributed by atoms with Gasteiger partial charge < -0.3 is 8.98 Å². The Bertz CT molecular complexity index is 3510. The molecule has 0 spiro atoms. The number of nitrogens with zero attached hydrogens (tertiary/aromatic N) is 5. The first-order valence-corrected chi connectivity index (χ1v) is 19.1. The maximum Gasteiger partial charge on any atom is 0.238 e. The Morgan fingerprint density at radius 1 is 0.316 bits per heavy atom. The zero-order valence-electron chi connectivity index (χ0n) is 30.5. The van der Waals surface area contributed by atoms with E-state index >= 15 is 0 Å². The van der Waals surface area contributed by atoms with Gasteiger partial charge in [0.15, 0.2) is 11.6 Å². The molecule has 0 fully saturated rings. The van der Waals surface area contributed by atoms with Gasteiger partial charge in [0.1, 0.15) is 11.2 Å². The Morgan fingerprint density at radius 2 is 0.895 bits per heavy atom. The van der Waals surface area contributed by atoms with Crippen molar-refractivity contribution >= 4 is 65.6 Å². The molecule has 266 valence electrons. The largest absolute Gasteiger partial charge is 0.456 e. The van der Waals surface area contributed by atoms with Gasteiger partial charge in [0.2, 0.25) is 5.95 Å². The van der Waals surface area contributed by atoms with Gasteiger partial charge in [-0.25, -0.2) is 4.98 Å². The topological polar surface area (TPSA) is 61.7 Å². The standard InChI is InChI=1S/C51H31N5O/c1-4-14-32(15-5-1)34-25-27-47-42(28-34)39-26-24-35(29-48(39)57-47)50-52-49(33-16-6-2-7-17-33)53-51(54-50)56-44-23-13-11-21-38(44)41-30-40-37-20-10-12-22-43(37)55(45(40)31-46(41)56)36-18-8-3-9-19-36/h1-31H. The van der Waals surface area contributed by atoms with Gasteiger partial charge in [-0.15, -0.1) is 0 Å². The summed E-state index contributed by atoms with van der Waals surface area (Å²) in [7, 11) is 0. The van der Waals surface area contributed by atoms with Crippen LogP contribution in [0.15, 0.2) is 192 Å². The number of para-hydroxylation sites is 3. The molecule has 57 heavy (non-hydrogen) atoms. The average Bonchev–Trinajstić information content (AvgIpc) is 3.93. The molecule has 4 heterocycles. The second-order valence-corrected chi connectivity index (χ2v) is 14.5. The Balaban J connectivity index is 1.10. The number of rotatable bonds is 5. The lowest BCUT2D eigenvalue weighted by atomic mass is 10.0. The zero-order valence-corrected chi connectivity index (χ0v) is 30.5. The first kappa shape index (κ1) is 31.5. The fourth-order valence-electron chi connectivity index (χ4n) is 8.54. The van der Waals surface area contributed by atoms with Crippen molar-refractivity contribution in [3.8, 4) is 45.5 Å². The molecule has 0 bridgehead atoms. The number of hydrogen-bond donors (Lipinski definition) is 0. The van der Waals surface area contributed by atoms with E-state index in [9.17, 15) is 0 Å². The first-order chi connectivity index (χ1) is 28.2. The number of aromatic nitrogens is 5. The van der Waals surface area contributed by atoms with Gasteiger partial charge in [-0.1, -0.05) is 127 Å². The van der Waals surface area contributed by atoms with E-state index in [1.165, 1.54) is 16.3 Å². The molecule has 0 aliphatic rings. The summed E-state index contributed by atoms with van der Waals surface area (Å²) < 4.78 is 11.0. The van der Waals surface area contributed by atoms with Gasteiger partial charge >= 0.3 is 0 Å². The zero-order chi connectivity index (χ0) is 37.5. The van der Waals surface area contributed by atoms with Crippen molar-refractivity contribution in [2.75, 3.05) is 0 Å². The molecule has 0 atom stereocenters. The summed E-state index contributed by atoms with van der Waals surface area (Å²) in [6.45, 7) is 0. The second-order valence-electron chi connectivity index (χ2n) is 14.5. The molecule has 0 N–H and O–H groups in total. The summed E-state index contributed by atoms with van der Waals surface area (Å²) in [5.41, 5.74) is 11.1. The molecular weight excluding hydrogens is 699 g/mol. The summed E-state index contributed by atoms with van der Waals surface area (Å²) in [5.74, 6) is 1.71. The van der Waals surface area contributed by atoms with Crippen molar-refractivity contribution in [1.82, 2.24) is 24.1 Å². The molecule has 4 aromatic heterocycles. The van der Waals surface area contributed by atoms with Crippen molar-refractivity contribution in [2.45, 2.75) is 0 Å². The van der Waals surface area contributed by atoms with Crippen LogP contribution in [0, 0.1) is 0 Å². The van der Waals surface area contributed by atoms with Crippen LogP contribution in [0.2, 0.25) is 0 Å². The third kappa shape index (κ3) is 4.94. The van der Waals surface area contributed by atoms with Gasteiger partial charge in [-0.2, -0.15) is 9.97 Å². The van der Waals surface area contributed by atoms with Crippen molar-refractivity contribution in [3.05, 3.63) is 188 Å². The van der Waals surface area contributed by atoms with Crippen LogP contribution >= 0.6 is 0 Å². The van der Waals surface area contributed by atoms with E-state index in [2.05, 4.69) is 161 Å². The van der Waals surface area contributed by atoms with Crippen molar-refractivity contribution in [2.24, 2.45) is 0 Å². The SMILES string of the molecule is c1ccc(-c2ccc3oc4cc(-c5nc(-c6ccccc6)nc(-n6c7ccccc7c7cc8c9ccccc9n(-c9ccccc9)c8cc76)n5)ccc4c3c2)cc1. The maximum atomic E-state index is 6.47. The van der Waals surface area contributed by atoms with Crippen LogP contribution in [0.4, 0.5) is 0 Å². The van der Waals surface area contributed by atoms with E-state index in [1.807, 2.05) is 36.4 Å². The number of benzene rings is 8. The molecule has 6 nitrogen and oxygen atoms in total. The third-order valence-electron chi connectivity index (χ3n) is 11.2. The third-order valence-corrected chi connectivity index (χ3v) is 11.2. The van der Waals surface area contributed by atoms with E-state index in [-0.39, 0.29) is 0 Å². The molecule has 8 aromatic carbocycles. The van der Waals surface area contributed by atoms with Gasteiger partial charge in [-0.3, -0.25) is 4.57 Å². The van der Waals surface area contributed by atoms with E-state index in [0.717, 1.165) is 77.2 Å². The monoisotopic (exact) mass is 729 g/mol. The lowest BCUT2D eigenvalue weighted by Crippen LogP contribution is -2.06.